The molecule has 0 aliphatic carbocycles. The van der Waals surface area contributed by atoms with E-state index in [2.05, 4.69) is 0 Å². The Morgan fingerprint density at radius 3 is 2.38 bits per heavy atom. The van der Waals surface area contributed by atoms with E-state index in [0.717, 1.165) is 18.4 Å². The van der Waals surface area contributed by atoms with E-state index in [1.165, 1.54) is 0 Å². The van der Waals surface area contributed by atoms with Crippen LogP contribution in [0.25, 0.3) is 0 Å². The maximum atomic E-state index is 12.9. The molecule has 2 nitrogen and oxygen atoms in total. The molecular weight excluding hydrogens is 198 g/mol. The fourth-order valence-electron chi connectivity index (χ4n) is 0.921. The lowest BCUT2D eigenvalue weighted by Gasteiger charge is -2.00. The zero-order valence-corrected chi connectivity index (χ0v) is 7.74. The molecule has 0 bridgehead atoms. The largest absolute Gasteiger partial charge is 0.229 e. The number of benzene rings is 1. The van der Waals surface area contributed by atoms with Crippen molar-refractivity contribution in [1.29, 1.82) is 0 Å². The minimum atomic E-state index is -3.27. The van der Waals surface area contributed by atoms with Crippen LogP contribution in [0.3, 0.4) is 0 Å². The molecule has 0 unspecified atom stereocenters. The van der Waals surface area contributed by atoms with E-state index >= 15 is 0 Å². The van der Waals surface area contributed by atoms with Crippen LogP contribution in [0.15, 0.2) is 18.2 Å². The summed E-state index contributed by atoms with van der Waals surface area (Å²) in [6.45, 7) is 0. The first-order valence-electron chi connectivity index (χ1n) is 3.50. The van der Waals surface area contributed by atoms with E-state index < -0.39 is 27.2 Å². The van der Waals surface area contributed by atoms with Crippen molar-refractivity contribution >= 4 is 9.84 Å². The van der Waals surface area contributed by atoms with Crippen molar-refractivity contribution in [3.8, 4) is 0 Å². The first kappa shape index (κ1) is 10.1. The fraction of sp³-hybridized carbons (Fsp3) is 0.250. The lowest BCUT2D eigenvalue weighted by Crippen LogP contribution is -2.03. The van der Waals surface area contributed by atoms with Gasteiger partial charge in [0.1, 0.15) is 11.6 Å². The van der Waals surface area contributed by atoms with Gasteiger partial charge in [-0.25, -0.2) is 17.2 Å². The first-order chi connectivity index (χ1) is 5.88. The highest BCUT2D eigenvalue weighted by Crippen LogP contribution is 2.11. The second-order valence-corrected chi connectivity index (χ2v) is 4.95. The molecule has 13 heavy (non-hydrogen) atoms. The number of hydrogen-bond donors (Lipinski definition) is 0. The van der Waals surface area contributed by atoms with E-state index in [1.54, 1.807) is 0 Å². The average molecular weight is 206 g/mol. The average Bonchev–Trinajstić information content (AvgIpc) is 1.93. The van der Waals surface area contributed by atoms with Gasteiger partial charge in [-0.1, -0.05) is 6.07 Å². The molecule has 0 aliphatic rings. The van der Waals surface area contributed by atoms with Crippen LogP contribution in [0.2, 0.25) is 0 Å². The van der Waals surface area contributed by atoms with E-state index in [4.69, 9.17) is 0 Å². The van der Waals surface area contributed by atoms with Crippen molar-refractivity contribution in [2.75, 3.05) is 6.26 Å². The van der Waals surface area contributed by atoms with Gasteiger partial charge in [-0.2, -0.15) is 0 Å². The third kappa shape index (κ3) is 3.10. The van der Waals surface area contributed by atoms with E-state index in [1.807, 2.05) is 0 Å². The molecule has 0 heterocycles. The molecule has 1 aromatic rings. The lowest BCUT2D eigenvalue weighted by molar-refractivity contribution is 0.571. The second kappa shape index (κ2) is 3.41. The fourth-order valence-corrected chi connectivity index (χ4v) is 1.72. The summed E-state index contributed by atoms with van der Waals surface area (Å²) in [4.78, 5) is 0. The van der Waals surface area contributed by atoms with Gasteiger partial charge in [0, 0.05) is 17.9 Å². The zero-order chi connectivity index (χ0) is 10.1. The van der Waals surface area contributed by atoms with Crippen LogP contribution in [0.1, 0.15) is 5.56 Å². The molecule has 0 amide bonds. The molecule has 1 rings (SSSR count). The van der Waals surface area contributed by atoms with Gasteiger partial charge in [0.05, 0.1) is 5.75 Å². The summed E-state index contributed by atoms with van der Waals surface area (Å²) in [6.07, 6.45) is 0.996. The Kier molecular flexibility index (Phi) is 2.66. The second-order valence-electron chi connectivity index (χ2n) is 2.81. The molecule has 0 atom stereocenters. The number of rotatable bonds is 2. The molecule has 1 aromatic carbocycles. The van der Waals surface area contributed by atoms with Gasteiger partial charge < -0.3 is 0 Å². The lowest BCUT2D eigenvalue weighted by atomic mass is 10.2. The normalized spacial score (nSPS) is 11.6. The maximum absolute atomic E-state index is 12.9. The molecule has 0 aliphatic heterocycles. The predicted molar refractivity (Wildman–Crippen MR) is 44.9 cm³/mol. The quantitative estimate of drug-likeness (QED) is 0.735. The van der Waals surface area contributed by atoms with Gasteiger partial charge in [0.15, 0.2) is 9.84 Å². The van der Waals surface area contributed by atoms with Gasteiger partial charge in [-0.3, -0.25) is 0 Å². The highest BCUT2D eigenvalue weighted by Gasteiger charge is 2.09. The summed E-state index contributed by atoms with van der Waals surface area (Å²) in [5, 5.41) is 0. The SMILES string of the molecule is CS(=O)(=O)Cc1ccc(F)cc1F. The van der Waals surface area contributed by atoms with Crippen LogP contribution in [0.5, 0.6) is 0 Å². The van der Waals surface area contributed by atoms with Crippen molar-refractivity contribution in [3.05, 3.63) is 35.4 Å². The van der Waals surface area contributed by atoms with Gasteiger partial charge in [0.25, 0.3) is 0 Å². The predicted octanol–water partition coefficient (Wildman–Crippen LogP) is 1.51. The van der Waals surface area contributed by atoms with Crippen molar-refractivity contribution in [3.63, 3.8) is 0 Å². The molecule has 72 valence electrons. The van der Waals surface area contributed by atoms with Crippen LogP contribution < -0.4 is 0 Å². The molecule has 0 N–H and O–H groups in total. The van der Waals surface area contributed by atoms with E-state index in [-0.39, 0.29) is 5.56 Å². The summed E-state index contributed by atoms with van der Waals surface area (Å²) < 4.78 is 46.8. The first-order valence-corrected chi connectivity index (χ1v) is 5.56. The minimum absolute atomic E-state index is 0.0103. The Morgan fingerprint density at radius 2 is 1.92 bits per heavy atom. The summed E-state index contributed by atoms with van der Waals surface area (Å²) >= 11 is 0. The van der Waals surface area contributed by atoms with Gasteiger partial charge >= 0.3 is 0 Å². The van der Waals surface area contributed by atoms with Crippen LogP contribution in [-0.4, -0.2) is 14.7 Å². The highest BCUT2D eigenvalue weighted by molar-refractivity contribution is 7.89. The maximum Gasteiger partial charge on any atom is 0.151 e. The standard InChI is InChI=1S/C8H8F2O2S/c1-13(11,12)5-6-2-3-7(9)4-8(6)10/h2-4H,5H2,1H3. The van der Waals surface area contributed by atoms with Crippen molar-refractivity contribution < 1.29 is 17.2 Å². The Bertz CT molecular complexity index is 412. The van der Waals surface area contributed by atoms with Crippen molar-refractivity contribution in [1.82, 2.24) is 0 Å². The molecule has 0 saturated heterocycles. The molecule has 0 spiro atoms. The molecule has 0 radical (unpaired) electrons. The Hall–Kier alpha value is -0.970. The zero-order valence-electron chi connectivity index (χ0n) is 6.92. The van der Waals surface area contributed by atoms with Crippen LogP contribution in [0.4, 0.5) is 8.78 Å². The molecule has 5 heteroatoms. The summed E-state index contributed by atoms with van der Waals surface area (Å²) in [7, 11) is -3.27. The minimum Gasteiger partial charge on any atom is -0.229 e. The van der Waals surface area contributed by atoms with Gasteiger partial charge in [-0.15, -0.1) is 0 Å². The third-order valence-electron chi connectivity index (χ3n) is 1.43. The van der Waals surface area contributed by atoms with E-state index in [0.29, 0.717) is 6.07 Å². The summed E-state index contributed by atoms with van der Waals surface area (Å²) in [5.74, 6) is -1.95. The highest BCUT2D eigenvalue weighted by atomic mass is 32.2. The number of sulfone groups is 1. The molecule has 0 saturated carbocycles. The summed E-state index contributed by atoms with van der Waals surface area (Å²) in [6, 6.07) is 2.83. The van der Waals surface area contributed by atoms with Crippen molar-refractivity contribution in [2.24, 2.45) is 0 Å². The Balaban J connectivity index is 3.04. The third-order valence-corrected chi connectivity index (χ3v) is 2.27. The Morgan fingerprint density at radius 1 is 1.31 bits per heavy atom. The molecule has 0 aromatic heterocycles. The van der Waals surface area contributed by atoms with E-state index in [9.17, 15) is 17.2 Å². The van der Waals surface area contributed by atoms with Gasteiger partial charge in [-0.05, 0) is 6.07 Å². The Labute approximate surface area is 75.1 Å². The smallest absolute Gasteiger partial charge is 0.151 e. The molecule has 0 fully saturated rings. The topological polar surface area (TPSA) is 34.1 Å². The van der Waals surface area contributed by atoms with Gasteiger partial charge in [0.2, 0.25) is 0 Å². The monoisotopic (exact) mass is 206 g/mol. The number of halogens is 2. The van der Waals surface area contributed by atoms with Crippen LogP contribution in [0, 0.1) is 11.6 Å². The summed E-state index contributed by atoms with van der Waals surface area (Å²) in [5.41, 5.74) is -0.0103. The number of hydrogen-bond acceptors (Lipinski definition) is 2. The van der Waals surface area contributed by atoms with Crippen LogP contribution >= 0.6 is 0 Å². The van der Waals surface area contributed by atoms with Crippen LogP contribution in [-0.2, 0) is 15.6 Å². The van der Waals surface area contributed by atoms with Crippen molar-refractivity contribution in [2.45, 2.75) is 5.75 Å². The molecular formula is C8H8F2O2S.